The van der Waals surface area contributed by atoms with Crippen LogP contribution in [0.15, 0.2) is 66.9 Å². The Balaban J connectivity index is 1.60. The highest BCUT2D eigenvalue weighted by atomic mass is 16.5. The van der Waals surface area contributed by atoms with Gasteiger partial charge in [-0.05, 0) is 43.2 Å². The van der Waals surface area contributed by atoms with Crippen molar-refractivity contribution in [2.24, 2.45) is 0 Å². The zero-order valence-electron chi connectivity index (χ0n) is 21.0. The number of ether oxygens (including phenoxy) is 1. The van der Waals surface area contributed by atoms with Crippen molar-refractivity contribution in [3.63, 3.8) is 0 Å². The number of nitrogens with one attached hydrogen (secondary N) is 2. The van der Waals surface area contributed by atoms with Gasteiger partial charge in [0.25, 0.3) is 0 Å². The molecule has 0 atom stereocenters. The summed E-state index contributed by atoms with van der Waals surface area (Å²) in [6.45, 7) is 8.38. The van der Waals surface area contributed by atoms with Crippen LogP contribution in [0.3, 0.4) is 0 Å². The van der Waals surface area contributed by atoms with Crippen LogP contribution in [-0.4, -0.2) is 33.4 Å². The lowest BCUT2D eigenvalue weighted by Crippen LogP contribution is -2.21. The summed E-state index contributed by atoms with van der Waals surface area (Å²) in [6.07, 6.45) is 2.55. The van der Waals surface area contributed by atoms with Crippen molar-refractivity contribution < 1.29 is 14.3 Å². The van der Waals surface area contributed by atoms with Gasteiger partial charge in [-0.3, -0.25) is 15.1 Å². The summed E-state index contributed by atoms with van der Waals surface area (Å²) in [5, 5.41) is 11.6. The molecule has 36 heavy (non-hydrogen) atoms. The Bertz CT molecular complexity index is 1380. The molecule has 0 saturated carbocycles. The van der Waals surface area contributed by atoms with Crippen LogP contribution in [0.4, 0.5) is 16.3 Å². The molecule has 2 heterocycles. The molecule has 2 aromatic heterocycles. The standard InChI is InChI=1S/C28H31N5O3/c1-5-36-25(34)15-14-19-9-6-12-21(17-19)33-24(18-23(32-33)28(2,3)4)31-27(35)30-22-13-7-10-20-11-8-16-29-26(20)22/h6-13,16-18H,5,14-15H2,1-4H3,(H2,30,31,35). The van der Waals surface area contributed by atoms with Gasteiger partial charge in [0.05, 0.1) is 29.2 Å². The third-order valence-corrected chi connectivity index (χ3v) is 5.68. The van der Waals surface area contributed by atoms with E-state index < -0.39 is 6.03 Å². The number of carbonyl (C=O) groups is 2. The molecule has 0 aliphatic heterocycles. The summed E-state index contributed by atoms with van der Waals surface area (Å²) >= 11 is 0. The highest BCUT2D eigenvalue weighted by molar-refractivity contribution is 6.04. The maximum atomic E-state index is 13.0. The molecule has 0 aliphatic rings. The lowest BCUT2D eigenvalue weighted by Gasteiger charge is -2.14. The summed E-state index contributed by atoms with van der Waals surface area (Å²) in [7, 11) is 0. The Kier molecular flexibility index (Phi) is 7.33. The molecule has 0 aliphatic carbocycles. The molecule has 0 unspecified atom stereocenters. The largest absolute Gasteiger partial charge is 0.466 e. The van der Waals surface area contributed by atoms with E-state index in [1.807, 2.05) is 60.7 Å². The first-order valence-corrected chi connectivity index (χ1v) is 12.0. The summed E-state index contributed by atoms with van der Waals surface area (Å²) < 4.78 is 6.76. The predicted octanol–water partition coefficient (Wildman–Crippen LogP) is 5.86. The van der Waals surface area contributed by atoms with Gasteiger partial charge >= 0.3 is 12.0 Å². The van der Waals surface area contributed by atoms with Crippen LogP contribution in [0.1, 0.15) is 45.4 Å². The molecule has 4 rings (SSSR count). The van der Waals surface area contributed by atoms with Gasteiger partial charge in [0.1, 0.15) is 5.82 Å². The van der Waals surface area contributed by atoms with Crippen LogP contribution in [-0.2, 0) is 21.4 Å². The number of benzene rings is 2. The van der Waals surface area contributed by atoms with E-state index in [0.717, 1.165) is 22.3 Å². The van der Waals surface area contributed by atoms with Crippen LogP contribution in [0.2, 0.25) is 0 Å². The number of hydrogen-bond donors (Lipinski definition) is 2. The lowest BCUT2D eigenvalue weighted by molar-refractivity contribution is -0.143. The maximum Gasteiger partial charge on any atom is 0.324 e. The van der Waals surface area contributed by atoms with E-state index in [4.69, 9.17) is 9.84 Å². The maximum absolute atomic E-state index is 13.0. The molecule has 0 saturated heterocycles. The molecule has 2 N–H and O–H groups in total. The monoisotopic (exact) mass is 485 g/mol. The van der Waals surface area contributed by atoms with Crippen LogP contribution in [0, 0.1) is 0 Å². The number of urea groups is 1. The molecule has 2 aromatic carbocycles. The van der Waals surface area contributed by atoms with Gasteiger partial charge < -0.3 is 10.1 Å². The first-order valence-electron chi connectivity index (χ1n) is 12.0. The molecular formula is C28H31N5O3. The fraction of sp³-hybridized carbons (Fsp3) is 0.286. The molecule has 2 amide bonds. The number of nitrogens with zero attached hydrogens (tertiary/aromatic N) is 3. The number of aryl methyl sites for hydroxylation is 1. The number of para-hydroxylation sites is 1. The van der Waals surface area contributed by atoms with Crippen LogP contribution in [0.25, 0.3) is 16.6 Å². The van der Waals surface area contributed by atoms with Crippen molar-refractivity contribution >= 4 is 34.4 Å². The quantitative estimate of drug-likeness (QED) is 0.320. The number of carbonyl (C=O) groups excluding carboxylic acids is 2. The van der Waals surface area contributed by atoms with Crippen molar-refractivity contribution in [2.45, 2.75) is 46.0 Å². The number of pyridine rings is 1. The summed E-state index contributed by atoms with van der Waals surface area (Å²) in [6, 6.07) is 18.7. The highest BCUT2D eigenvalue weighted by Gasteiger charge is 2.22. The van der Waals surface area contributed by atoms with Crippen molar-refractivity contribution in [3.8, 4) is 5.69 Å². The third kappa shape index (κ3) is 5.89. The van der Waals surface area contributed by atoms with Crippen LogP contribution < -0.4 is 10.6 Å². The molecule has 0 bridgehead atoms. The second-order valence-electron chi connectivity index (χ2n) is 9.51. The van der Waals surface area contributed by atoms with E-state index >= 15 is 0 Å². The topological polar surface area (TPSA) is 98.1 Å². The minimum atomic E-state index is -0.395. The van der Waals surface area contributed by atoms with E-state index in [9.17, 15) is 9.59 Å². The zero-order chi connectivity index (χ0) is 25.7. The molecule has 0 spiro atoms. The summed E-state index contributed by atoms with van der Waals surface area (Å²) in [4.78, 5) is 29.2. The molecule has 8 nitrogen and oxygen atoms in total. The number of esters is 1. The van der Waals surface area contributed by atoms with Crippen LogP contribution in [0.5, 0.6) is 0 Å². The third-order valence-electron chi connectivity index (χ3n) is 5.68. The smallest absolute Gasteiger partial charge is 0.324 e. The minimum absolute atomic E-state index is 0.223. The fourth-order valence-corrected chi connectivity index (χ4v) is 3.83. The van der Waals surface area contributed by atoms with Gasteiger partial charge in [0, 0.05) is 29.5 Å². The molecule has 8 heteroatoms. The molecule has 186 valence electrons. The minimum Gasteiger partial charge on any atom is -0.466 e. The second kappa shape index (κ2) is 10.6. The Morgan fingerprint density at radius 1 is 1.00 bits per heavy atom. The average molecular weight is 486 g/mol. The Hall–Kier alpha value is -4.20. The first-order chi connectivity index (χ1) is 17.2. The number of hydrogen-bond acceptors (Lipinski definition) is 5. The predicted molar refractivity (Wildman–Crippen MR) is 142 cm³/mol. The second-order valence-corrected chi connectivity index (χ2v) is 9.51. The van der Waals surface area contributed by atoms with Gasteiger partial charge in [-0.2, -0.15) is 5.10 Å². The van der Waals surface area contributed by atoms with Gasteiger partial charge in [0.2, 0.25) is 0 Å². The van der Waals surface area contributed by atoms with E-state index in [-0.39, 0.29) is 11.4 Å². The van der Waals surface area contributed by atoms with E-state index in [1.165, 1.54) is 0 Å². The van der Waals surface area contributed by atoms with Gasteiger partial charge in [-0.15, -0.1) is 0 Å². The van der Waals surface area contributed by atoms with Gasteiger partial charge in [0.15, 0.2) is 0 Å². The molecule has 4 aromatic rings. The SMILES string of the molecule is CCOC(=O)CCc1cccc(-n2nc(C(C)(C)C)cc2NC(=O)Nc2cccc3cccnc23)c1. The van der Waals surface area contributed by atoms with Gasteiger partial charge in [-0.1, -0.05) is 51.1 Å². The molecule has 0 radical (unpaired) electrons. The molecular weight excluding hydrogens is 454 g/mol. The Morgan fingerprint density at radius 3 is 2.56 bits per heavy atom. The number of anilines is 2. The van der Waals surface area contributed by atoms with Crippen molar-refractivity contribution in [2.75, 3.05) is 17.2 Å². The van der Waals surface area contributed by atoms with E-state index in [1.54, 1.807) is 17.8 Å². The van der Waals surface area contributed by atoms with Crippen molar-refractivity contribution in [1.29, 1.82) is 0 Å². The average Bonchev–Trinajstić information content (AvgIpc) is 3.28. The Labute approximate surface area is 210 Å². The van der Waals surface area contributed by atoms with Crippen molar-refractivity contribution in [1.82, 2.24) is 14.8 Å². The van der Waals surface area contributed by atoms with Crippen molar-refractivity contribution in [3.05, 3.63) is 78.1 Å². The Morgan fingerprint density at radius 2 is 1.78 bits per heavy atom. The normalized spacial score (nSPS) is 11.3. The summed E-state index contributed by atoms with van der Waals surface area (Å²) in [5.74, 6) is 0.312. The van der Waals surface area contributed by atoms with Gasteiger partial charge in [-0.25, -0.2) is 9.48 Å². The number of aromatic nitrogens is 3. The summed E-state index contributed by atoms with van der Waals surface area (Å²) in [5.41, 5.74) is 3.71. The van der Waals surface area contributed by atoms with Crippen LogP contribution >= 0.6 is 0 Å². The zero-order valence-corrected chi connectivity index (χ0v) is 21.0. The molecule has 0 fully saturated rings. The van der Waals surface area contributed by atoms with E-state index in [0.29, 0.717) is 36.5 Å². The number of fused-ring (bicyclic) bond motifs is 1. The lowest BCUT2D eigenvalue weighted by atomic mass is 9.92. The fourth-order valence-electron chi connectivity index (χ4n) is 3.83. The van der Waals surface area contributed by atoms with E-state index in [2.05, 4.69) is 36.4 Å². The first kappa shape index (κ1) is 24.9. The number of rotatable bonds is 7. The highest BCUT2D eigenvalue weighted by Crippen LogP contribution is 2.27. The number of amides is 2.